The second-order valence-corrected chi connectivity index (χ2v) is 5.20. The average Bonchev–Trinajstić information content (AvgIpc) is 2.53. The Bertz CT molecular complexity index is 483. The number of aliphatic hydroxyl groups is 1. The van der Waals surface area contributed by atoms with E-state index in [9.17, 15) is 5.11 Å². The van der Waals surface area contributed by atoms with Crippen molar-refractivity contribution in [2.24, 2.45) is 0 Å². The van der Waals surface area contributed by atoms with Gasteiger partial charge in [0.2, 0.25) is 0 Å². The summed E-state index contributed by atoms with van der Waals surface area (Å²) in [4.78, 5) is 0. The molecule has 0 radical (unpaired) electrons. The van der Waals surface area contributed by atoms with Gasteiger partial charge in [0, 0.05) is 0 Å². The topological polar surface area (TPSA) is 32.3 Å². The van der Waals surface area contributed by atoms with Crippen LogP contribution < -0.4 is 5.32 Å². The minimum absolute atomic E-state index is 0.0270. The van der Waals surface area contributed by atoms with Gasteiger partial charge in [0.15, 0.2) is 0 Å². The third-order valence-corrected chi connectivity index (χ3v) is 3.72. The van der Waals surface area contributed by atoms with Crippen LogP contribution in [0.3, 0.4) is 0 Å². The molecule has 0 amide bonds. The summed E-state index contributed by atoms with van der Waals surface area (Å²) in [6.07, 6.45) is 1.06. The first-order chi connectivity index (χ1) is 9.81. The predicted molar refractivity (Wildman–Crippen MR) is 83.7 cm³/mol. The molecule has 2 N–H and O–H groups in total. The average molecular weight is 269 g/mol. The van der Waals surface area contributed by atoms with E-state index in [0.717, 1.165) is 18.5 Å². The summed E-state index contributed by atoms with van der Waals surface area (Å²) in [5, 5.41) is 12.9. The van der Waals surface area contributed by atoms with Gasteiger partial charge in [0.1, 0.15) is 0 Å². The maximum absolute atomic E-state index is 9.50. The SMILES string of the molecule is CC(CCNC(CO)c1ccccc1)c1ccccc1. The number of nitrogens with one attached hydrogen (secondary N) is 1. The summed E-state index contributed by atoms with van der Waals surface area (Å²) in [6.45, 7) is 3.27. The number of hydrogen-bond acceptors (Lipinski definition) is 2. The Morgan fingerprint density at radius 3 is 2.00 bits per heavy atom. The van der Waals surface area contributed by atoms with Gasteiger partial charge in [-0.1, -0.05) is 67.6 Å². The van der Waals surface area contributed by atoms with Crippen LogP contribution in [-0.4, -0.2) is 18.3 Å². The Morgan fingerprint density at radius 1 is 0.900 bits per heavy atom. The molecule has 2 rings (SSSR count). The number of aliphatic hydroxyl groups excluding tert-OH is 1. The van der Waals surface area contributed by atoms with E-state index >= 15 is 0 Å². The fourth-order valence-corrected chi connectivity index (χ4v) is 2.40. The fraction of sp³-hybridized carbons (Fsp3) is 0.333. The highest BCUT2D eigenvalue weighted by atomic mass is 16.3. The molecule has 0 fully saturated rings. The van der Waals surface area contributed by atoms with Crippen LogP contribution in [0.15, 0.2) is 60.7 Å². The number of hydrogen-bond donors (Lipinski definition) is 2. The standard InChI is InChI=1S/C18H23NO/c1-15(16-8-4-2-5-9-16)12-13-19-18(14-20)17-10-6-3-7-11-17/h2-11,15,18-20H,12-14H2,1H3. The van der Waals surface area contributed by atoms with Crippen LogP contribution in [0.1, 0.15) is 36.4 Å². The van der Waals surface area contributed by atoms with Crippen molar-refractivity contribution in [2.75, 3.05) is 13.2 Å². The quantitative estimate of drug-likeness (QED) is 0.806. The summed E-state index contributed by atoms with van der Waals surface area (Å²) in [5.74, 6) is 0.527. The molecule has 2 aromatic carbocycles. The first-order valence-electron chi connectivity index (χ1n) is 7.25. The molecule has 2 heteroatoms. The largest absolute Gasteiger partial charge is 0.394 e. The molecule has 0 aromatic heterocycles. The van der Waals surface area contributed by atoms with E-state index in [4.69, 9.17) is 0 Å². The molecule has 0 bridgehead atoms. The van der Waals surface area contributed by atoms with E-state index in [1.807, 2.05) is 24.3 Å². The van der Waals surface area contributed by atoms with Gasteiger partial charge in [-0.2, -0.15) is 0 Å². The number of rotatable bonds is 7. The normalized spacial score (nSPS) is 13.9. The summed E-state index contributed by atoms with van der Waals surface area (Å²) < 4.78 is 0. The molecule has 0 heterocycles. The van der Waals surface area contributed by atoms with E-state index < -0.39 is 0 Å². The Morgan fingerprint density at radius 2 is 1.45 bits per heavy atom. The van der Waals surface area contributed by atoms with Crippen molar-refractivity contribution in [3.05, 3.63) is 71.8 Å². The molecular weight excluding hydrogens is 246 g/mol. The molecule has 0 aliphatic heterocycles. The summed E-state index contributed by atoms with van der Waals surface area (Å²) in [6, 6.07) is 20.7. The molecule has 0 saturated carbocycles. The minimum atomic E-state index is 0.0270. The molecule has 2 nitrogen and oxygen atoms in total. The van der Waals surface area contributed by atoms with Gasteiger partial charge in [-0.3, -0.25) is 0 Å². The zero-order valence-electron chi connectivity index (χ0n) is 12.0. The van der Waals surface area contributed by atoms with Crippen molar-refractivity contribution in [3.63, 3.8) is 0 Å². The lowest BCUT2D eigenvalue weighted by atomic mass is 9.97. The molecule has 2 atom stereocenters. The lowest BCUT2D eigenvalue weighted by molar-refractivity contribution is 0.243. The Balaban J connectivity index is 1.83. The maximum Gasteiger partial charge on any atom is 0.0626 e. The molecule has 0 aliphatic carbocycles. The second-order valence-electron chi connectivity index (χ2n) is 5.20. The van der Waals surface area contributed by atoms with Crippen LogP contribution in [0.2, 0.25) is 0 Å². The predicted octanol–water partition coefficient (Wildman–Crippen LogP) is 3.50. The van der Waals surface area contributed by atoms with E-state index in [1.54, 1.807) is 0 Å². The van der Waals surface area contributed by atoms with Crippen LogP contribution in [0.4, 0.5) is 0 Å². The molecule has 2 aromatic rings. The van der Waals surface area contributed by atoms with Gasteiger partial charge >= 0.3 is 0 Å². The third-order valence-electron chi connectivity index (χ3n) is 3.72. The van der Waals surface area contributed by atoms with Crippen LogP contribution >= 0.6 is 0 Å². The zero-order chi connectivity index (χ0) is 14.2. The van der Waals surface area contributed by atoms with Gasteiger partial charge in [-0.05, 0) is 30.0 Å². The minimum Gasteiger partial charge on any atom is -0.394 e. The highest BCUT2D eigenvalue weighted by Crippen LogP contribution is 2.18. The van der Waals surface area contributed by atoms with Gasteiger partial charge in [0.25, 0.3) is 0 Å². The fourth-order valence-electron chi connectivity index (χ4n) is 2.40. The first kappa shape index (κ1) is 14.8. The first-order valence-corrected chi connectivity index (χ1v) is 7.25. The van der Waals surface area contributed by atoms with Crippen molar-refractivity contribution in [1.82, 2.24) is 5.32 Å². The Hall–Kier alpha value is -1.64. The van der Waals surface area contributed by atoms with Crippen molar-refractivity contribution in [1.29, 1.82) is 0 Å². The lowest BCUT2D eigenvalue weighted by Crippen LogP contribution is -2.26. The second kappa shape index (κ2) is 7.83. The van der Waals surface area contributed by atoms with E-state index in [-0.39, 0.29) is 12.6 Å². The van der Waals surface area contributed by atoms with Gasteiger partial charge < -0.3 is 10.4 Å². The Kier molecular flexibility index (Phi) is 5.78. The van der Waals surface area contributed by atoms with Crippen LogP contribution in [0.25, 0.3) is 0 Å². The smallest absolute Gasteiger partial charge is 0.0626 e. The van der Waals surface area contributed by atoms with E-state index in [1.165, 1.54) is 5.56 Å². The molecule has 0 saturated heterocycles. The highest BCUT2D eigenvalue weighted by molar-refractivity contribution is 5.20. The van der Waals surface area contributed by atoms with Crippen molar-refractivity contribution in [2.45, 2.75) is 25.3 Å². The molecule has 106 valence electrons. The van der Waals surface area contributed by atoms with E-state index in [0.29, 0.717) is 5.92 Å². The van der Waals surface area contributed by atoms with Gasteiger partial charge in [-0.25, -0.2) is 0 Å². The van der Waals surface area contributed by atoms with Crippen molar-refractivity contribution < 1.29 is 5.11 Å². The van der Waals surface area contributed by atoms with Crippen molar-refractivity contribution in [3.8, 4) is 0 Å². The maximum atomic E-state index is 9.50. The van der Waals surface area contributed by atoms with Crippen LogP contribution in [0, 0.1) is 0 Å². The molecule has 2 unspecified atom stereocenters. The zero-order valence-corrected chi connectivity index (χ0v) is 12.0. The summed E-state index contributed by atoms with van der Waals surface area (Å²) >= 11 is 0. The highest BCUT2D eigenvalue weighted by Gasteiger charge is 2.10. The molecular formula is C18H23NO. The van der Waals surface area contributed by atoms with Gasteiger partial charge in [0.05, 0.1) is 12.6 Å². The number of benzene rings is 2. The molecule has 0 spiro atoms. The summed E-state index contributed by atoms with van der Waals surface area (Å²) in [7, 11) is 0. The van der Waals surface area contributed by atoms with Crippen LogP contribution in [0.5, 0.6) is 0 Å². The van der Waals surface area contributed by atoms with Gasteiger partial charge in [-0.15, -0.1) is 0 Å². The lowest BCUT2D eigenvalue weighted by Gasteiger charge is -2.18. The summed E-state index contributed by atoms with van der Waals surface area (Å²) in [5.41, 5.74) is 2.51. The molecule has 20 heavy (non-hydrogen) atoms. The Labute approximate surface area is 121 Å². The third kappa shape index (κ3) is 4.19. The monoisotopic (exact) mass is 269 g/mol. The van der Waals surface area contributed by atoms with Crippen molar-refractivity contribution >= 4 is 0 Å². The molecule has 0 aliphatic rings. The van der Waals surface area contributed by atoms with Crippen LogP contribution in [-0.2, 0) is 0 Å². The van der Waals surface area contributed by atoms with E-state index in [2.05, 4.69) is 48.6 Å².